The van der Waals surface area contributed by atoms with E-state index in [1.807, 2.05) is 0 Å². The predicted molar refractivity (Wildman–Crippen MR) is 113 cm³/mol. The average molecular weight is 402 g/mol. The number of hydrogen-bond acceptors (Lipinski definition) is 3. The first kappa shape index (κ1) is 21.0. The highest BCUT2D eigenvalue weighted by molar-refractivity contribution is 5.91. The molecule has 5 amide bonds. The summed E-state index contributed by atoms with van der Waals surface area (Å²) in [7, 11) is 0. The molecule has 0 bridgehead atoms. The minimum Gasteiger partial charge on any atom is -0.335 e. The van der Waals surface area contributed by atoms with E-state index in [0.29, 0.717) is 30.5 Å². The third-order valence-corrected chi connectivity index (χ3v) is 5.51. The summed E-state index contributed by atoms with van der Waals surface area (Å²) in [5.41, 5.74) is 1.37. The topological polar surface area (TPSA) is 103 Å². The van der Waals surface area contributed by atoms with Gasteiger partial charge >= 0.3 is 12.1 Å². The number of piperidine rings is 1. The molecule has 1 aromatic rings. The third kappa shape index (κ3) is 6.66. The molecule has 4 N–H and O–H groups in total. The summed E-state index contributed by atoms with van der Waals surface area (Å²) in [5, 5.41) is 11.7. The van der Waals surface area contributed by atoms with Gasteiger partial charge in [0.1, 0.15) is 0 Å². The monoisotopic (exact) mass is 401 g/mol. The van der Waals surface area contributed by atoms with Crippen molar-refractivity contribution in [2.45, 2.75) is 64.0 Å². The van der Waals surface area contributed by atoms with E-state index in [4.69, 9.17) is 0 Å². The van der Waals surface area contributed by atoms with Crippen LogP contribution in [-0.4, -0.2) is 48.0 Å². The number of likely N-dealkylation sites (tertiary alicyclic amines) is 1. The molecule has 8 heteroatoms. The first-order chi connectivity index (χ1) is 14.0. The molecule has 1 heterocycles. The second-order valence-electron chi connectivity index (χ2n) is 7.90. The van der Waals surface area contributed by atoms with Crippen molar-refractivity contribution in [3.05, 3.63) is 24.3 Å². The summed E-state index contributed by atoms with van der Waals surface area (Å²) < 4.78 is 0. The zero-order valence-corrected chi connectivity index (χ0v) is 17.0. The zero-order chi connectivity index (χ0) is 20.6. The predicted octanol–water partition coefficient (Wildman–Crippen LogP) is 3.27. The zero-order valence-electron chi connectivity index (χ0n) is 17.0. The lowest BCUT2D eigenvalue weighted by Gasteiger charge is -2.33. The number of anilines is 2. The van der Waals surface area contributed by atoms with Crippen molar-refractivity contribution in [1.29, 1.82) is 0 Å². The summed E-state index contributed by atoms with van der Waals surface area (Å²) in [6.07, 6.45) is 7.26. The number of urea groups is 2. The number of amides is 5. The Morgan fingerprint density at radius 1 is 0.793 bits per heavy atom. The molecule has 1 aliphatic carbocycles. The molecule has 0 atom stereocenters. The van der Waals surface area contributed by atoms with Crippen molar-refractivity contribution in [1.82, 2.24) is 15.5 Å². The number of hydrogen-bond donors (Lipinski definition) is 4. The van der Waals surface area contributed by atoms with Crippen LogP contribution >= 0.6 is 0 Å². The number of carbonyl (C=O) groups excluding carboxylic acids is 3. The Balaban J connectivity index is 1.38. The van der Waals surface area contributed by atoms with Gasteiger partial charge in [-0.2, -0.15) is 0 Å². The van der Waals surface area contributed by atoms with Gasteiger partial charge < -0.3 is 26.2 Å². The molecule has 1 aromatic carbocycles. The number of rotatable bonds is 4. The van der Waals surface area contributed by atoms with Gasteiger partial charge in [-0.25, -0.2) is 9.59 Å². The van der Waals surface area contributed by atoms with Gasteiger partial charge in [-0.05, 0) is 49.9 Å². The minimum absolute atomic E-state index is 0.0842. The first-order valence-electron chi connectivity index (χ1n) is 10.5. The summed E-state index contributed by atoms with van der Waals surface area (Å²) in [4.78, 5) is 37.5. The van der Waals surface area contributed by atoms with Crippen molar-refractivity contribution < 1.29 is 14.4 Å². The molecular formula is C21H31N5O3. The molecule has 8 nitrogen and oxygen atoms in total. The number of carbonyl (C=O) groups is 3. The molecule has 0 aromatic heterocycles. The molecular weight excluding hydrogens is 370 g/mol. The van der Waals surface area contributed by atoms with Crippen LogP contribution < -0.4 is 21.3 Å². The van der Waals surface area contributed by atoms with Crippen LogP contribution in [0.1, 0.15) is 51.9 Å². The van der Waals surface area contributed by atoms with Crippen molar-refractivity contribution in [3.8, 4) is 0 Å². The van der Waals surface area contributed by atoms with Gasteiger partial charge in [0.05, 0.1) is 0 Å². The summed E-state index contributed by atoms with van der Waals surface area (Å²) >= 11 is 0. The molecule has 1 saturated carbocycles. The Hall–Kier alpha value is -2.77. The van der Waals surface area contributed by atoms with Gasteiger partial charge in [0.15, 0.2) is 0 Å². The Labute approximate surface area is 171 Å². The Morgan fingerprint density at radius 3 is 1.86 bits per heavy atom. The van der Waals surface area contributed by atoms with E-state index >= 15 is 0 Å². The fourth-order valence-electron chi connectivity index (χ4n) is 3.93. The maximum atomic E-state index is 12.5. The lowest BCUT2D eigenvalue weighted by atomic mass is 9.96. The lowest BCUT2D eigenvalue weighted by Crippen LogP contribution is -2.51. The molecule has 0 radical (unpaired) electrons. The fraction of sp³-hybridized carbons (Fsp3) is 0.571. The summed E-state index contributed by atoms with van der Waals surface area (Å²) in [5.74, 6) is -0.134. The quantitative estimate of drug-likeness (QED) is 0.623. The van der Waals surface area contributed by atoms with Crippen LogP contribution in [0.4, 0.5) is 21.0 Å². The summed E-state index contributed by atoms with van der Waals surface area (Å²) in [6, 6.07) is 7.17. The van der Waals surface area contributed by atoms with E-state index in [-0.39, 0.29) is 24.0 Å². The lowest BCUT2D eigenvalue weighted by molar-refractivity contribution is -0.114. The Morgan fingerprint density at radius 2 is 1.31 bits per heavy atom. The van der Waals surface area contributed by atoms with Crippen molar-refractivity contribution in [3.63, 3.8) is 0 Å². The van der Waals surface area contributed by atoms with Crippen LogP contribution in [-0.2, 0) is 4.79 Å². The van der Waals surface area contributed by atoms with Crippen LogP contribution in [0.3, 0.4) is 0 Å². The molecule has 0 spiro atoms. The van der Waals surface area contributed by atoms with E-state index < -0.39 is 0 Å². The smallest absolute Gasteiger partial charge is 0.321 e. The second kappa shape index (κ2) is 10.1. The standard InChI is InChI=1S/C21H31N5O3/c1-15(27)22-17-7-9-18(10-8-17)25-21(29)26-13-11-19(12-14-26)24-20(28)23-16-5-3-2-4-6-16/h7-10,16,19H,2-6,11-14H2,1H3,(H,22,27)(H,25,29)(H2,23,24,28). The van der Waals surface area contributed by atoms with E-state index in [1.54, 1.807) is 29.2 Å². The van der Waals surface area contributed by atoms with Crippen LogP contribution in [0.15, 0.2) is 24.3 Å². The van der Waals surface area contributed by atoms with E-state index in [9.17, 15) is 14.4 Å². The van der Waals surface area contributed by atoms with E-state index in [1.165, 1.54) is 26.2 Å². The molecule has 2 aliphatic rings. The molecule has 1 saturated heterocycles. The summed E-state index contributed by atoms with van der Waals surface area (Å²) in [6.45, 7) is 2.65. The average Bonchev–Trinajstić information content (AvgIpc) is 2.70. The molecule has 1 aliphatic heterocycles. The van der Waals surface area contributed by atoms with Crippen LogP contribution in [0, 0.1) is 0 Å². The normalized spacial score (nSPS) is 18.0. The largest absolute Gasteiger partial charge is 0.335 e. The SMILES string of the molecule is CC(=O)Nc1ccc(NC(=O)N2CCC(NC(=O)NC3CCCCC3)CC2)cc1. The van der Waals surface area contributed by atoms with Crippen LogP contribution in [0.2, 0.25) is 0 Å². The molecule has 0 unspecified atom stereocenters. The maximum absolute atomic E-state index is 12.5. The number of nitrogens with one attached hydrogen (secondary N) is 4. The van der Waals surface area contributed by atoms with E-state index in [2.05, 4.69) is 21.3 Å². The van der Waals surface area contributed by atoms with Gasteiger partial charge in [0.25, 0.3) is 0 Å². The van der Waals surface area contributed by atoms with Gasteiger partial charge in [-0.1, -0.05) is 19.3 Å². The molecule has 3 rings (SSSR count). The fourth-order valence-corrected chi connectivity index (χ4v) is 3.93. The van der Waals surface area contributed by atoms with Gasteiger partial charge in [0.2, 0.25) is 5.91 Å². The Kier molecular flexibility index (Phi) is 7.32. The van der Waals surface area contributed by atoms with Crippen molar-refractivity contribution in [2.24, 2.45) is 0 Å². The first-order valence-corrected chi connectivity index (χ1v) is 10.5. The highest BCUT2D eigenvalue weighted by Crippen LogP contribution is 2.18. The molecule has 29 heavy (non-hydrogen) atoms. The second-order valence-corrected chi connectivity index (χ2v) is 7.90. The van der Waals surface area contributed by atoms with Crippen LogP contribution in [0.25, 0.3) is 0 Å². The molecule has 2 fully saturated rings. The number of benzene rings is 1. The van der Waals surface area contributed by atoms with Crippen molar-refractivity contribution >= 4 is 29.3 Å². The van der Waals surface area contributed by atoms with Crippen molar-refractivity contribution in [2.75, 3.05) is 23.7 Å². The van der Waals surface area contributed by atoms with Crippen LogP contribution in [0.5, 0.6) is 0 Å². The molecule has 158 valence electrons. The minimum atomic E-state index is -0.151. The maximum Gasteiger partial charge on any atom is 0.321 e. The van der Waals surface area contributed by atoms with Gasteiger partial charge in [-0.15, -0.1) is 0 Å². The highest BCUT2D eigenvalue weighted by Gasteiger charge is 2.25. The third-order valence-electron chi connectivity index (χ3n) is 5.51. The number of nitrogens with zero attached hydrogens (tertiary/aromatic N) is 1. The highest BCUT2D eigenvalue weighted by atomic mass is 16.2. The van der Waals surface area contributed by atoms with Gasteiger partial charge in [-0.3, -0.25) is 4.79 Å². The van der Waals surface area contributed by atoms with E-state index in [0.717, 1.165) is 25.7 Å². The Bertz CT molecular complexity index is 708. The van der Waals surface area contributed by atoms with Gasteiger partial charge in [0, 0.05) is 43.5 Å².